The molecule has 0 atom stereocenters. The maximum absolute atomic E-state index is 13.1. The van der Waals surface area contributed by atoms with E-state index in [0.717, 1.165) is 32.3 Å². The summed E-state index contributed by atoms with van der Waals surface area (Å²) in [6.07, 6.45) is 3.92. The van der Waals surface area contributed by atoms with Crippen molar-refractivity contribution in [3.8, 4) is 11.5 Å². The molecule has 1 aliphatic heterocycles. The smallest absolute Gasteiger partial charge is 0.294 e. The van der Waals surface area contributed by atoms with Crippen molar-refractivity contribution in [2.75, 3.05) is 18.5 Å². The van der Waals surface area contributed by atoms with Gasteiger partial charge in [-0.3, -0.25) is 19.3 Å². The van der Waals surface area contributed by atoms with E-state index in [-0.39, 0.29) is 11.4 Å². The summed E-state index contributed by atoms with van der Waals surface area (Å²) in [7, 11) is 0. The Labute approximate surface area is 240 Å². The number of nitrogens with zero attached hydrogens (tertiary/aromatic N) is 1. The molecule has 1 aliphatic rings. The first kappa shape index (κ1) is 28.2. The van der Waals surface area contributed by atoms with Gasteiger partial charge in [-0.15, -0.1) is 6.58 Å². The summed E-state index contributed by atoms with van der Waals surface area (Å²) in [5.41, 5.74) is 3.10. The van der Waals surface area contributed by atoms with Crippen LogP contribution in [0.15, 0.2) is 88.8 Å². The highest BCUT2D eigenvalue weighted by molar-refractivity contribution is 9.10. The van der Waals surface area contributed by atoms with E-state index in [1.165, 1.54) is 0 Å². The summed E-state index contributed by atoms with van der Waals surface area (Å²) in [5.74, 6) is 0.152. The minimum Gasteiger partial charge on any atom is -0.490 e. The van der Waals surface area contributed by atoms with Crippen molar-refractivity contribution in [1.29, 1.82) is 0 Å². The molecular weight excluding hydrogens is 580 g/mol. The number of thioether (sulfide) groups is 1. The van der Waals surface area contributed by atoms with E-state index in [2.05, 4.69) is 27.8 Å². The van der Waals surface area contributed by atoms with Gasteiger partial charge in [0.1, 0.15) is 13.2 Å². The number of allylic oxidation sites excluding steroid dienone is 1. The predicted octanol–water partition coefficient (Wildman–Crippen LogP) is 6.83. The molecule has 7 nitrogen and oxygen atoms in total. The van der Waals surface area contributed by atoms with Crippen LogP contribution in [0.1, 0.15) is 23.6 Å². The van der Waals surface area contributed by atoms with Crippen molar-refractivity contribution in [1.82, 2.24) is 4.90 Å². The van der Waals surface area contributed by atoms with Gasteiger partial charge in [-0.25, -0.2) is 0 Å². The third-order valence-corrected chi connectivity index (χ3v) is 7.08. The molecule has 3 aromatic rings. The Morgan fingerprint density at radius 2 is 1.82 bits per heavy atom. The molecule has 0 aliphatic carbocycles. The first-order valence-corrected chi connectivity index (χ1v) is 13.9. The highest BCUT2D eigenvalue weighted by atomic mass is 79.9. The number of imide groups is 1. The Balaban J connectivity index is 1.54. The Hall–Kier alpha value is -3.82. The van der Waals surface area contributed by atoms with Crippen molar-refractivity contribution in [3.63, 3.8) is 0 Å². The molecule has 0 bridgehead atoms. The lowest BCUT2D eigenvalue weighted by molar-refractivity contribution is -0.127. The lowest BCUT2D eigenvalue weighted by Gasteiger charge is -2.17. The molecule has 39 heavy (non-hydrogen) atoms. The van der Waals surface area contributed by atoms with Gasteiger partial charge in [-0.1, -0.05) is 52.3 Å². The number of hydrogen-bond donors (Lipinski definition) is 1. The fourth-order valence-electron chi connectivity index (χ4n) is 3.90. The van der Waals surface area contributed by atoms with Crippen LogP contribution in [-0.4, -0.2) is 35.1 Å². The Morgan fingerprint density at radius 1 is 1.08 bits per heavy atom. The summed E-state index contributed by atoms with van der Waals surface area (Å²) in [4.78, 5) is 39.3. The first-order chi connectivity index (χ1) is 18.9. The minimum absolute atomic E-state index is 0.224. The van der Waals surface area contributed by atoms with E-state index in [4.69, 9.17) is 9.47 Å². The number of anilines is 1. The molecule has 3 aromatic carbocycles. The second-order valence-electron chi connectivity index (χ2n) is 8.53. The second-order valence-corrected chi connectivity index (χ2v) is 10.4. The number of hydrogen-bond acceptors (Lipinski definition) is 6. The fraction of sp³-hybridized carbons (Fsp3) is 0.167. The van der Waals surface area contributed by atoms with E-state index in [1.807, 2.05) is 43.3 Å². The van der Waals surface area contributed by atoms with Gasteiger partial charge in [0.25, 0.3) is 11.1 Å². The number of halogens is 1. The lowest BCUT2D eigenvalue weighted by atomic mass is 10.0. The molecule has 0 unspecified atom stereocenters. The number of carbonyl (C=O) groups is 3. The number of carbonyl (C=O) groups excluding carboxylic acids is 3. The van der Waals surface area contributed by atoms with Crippen LogP contribution in [0, 0.1) is 0 Å². The SMILES string of the molecule is C=CCc1cc(/C=C2\SC(=O)N(CC(=O)Nc3ccc(Br)cc3)C2=O)cc(OCC)c1OCc1ccccc1. The first-order valence-electron chi connectivity index (χ1n) is 12.3. The van der Waals surface area contributed by atoms with Crippen molar-refractivity contribution in [2.45, 2.75) is 20.0 Å². The van der Waals surface area contributed by atoms with Crippen LogP contribution in [0.3, 0.4) is 0 Å². The van der Waals surface area contributed by atoms with Crippen LogP contribution < -0.4 is 14.8 Å². The Bertz CT molecular complexity index is 1410. The zero-order valence-corrected chi connectivity index (χ0v) is 23.7. The van der Waals surface area contributed by atoms with Crippen molar-refractivity contribution < 1.29 is 23.9 Å². The maximum atomic E-state index is 13.1. The van der Waals surface area contributed by atoms with Gasteiger partial charge in [0.2, 0.25) is 5.91 Å². The third-order valence-electron chi connectivity index (χ3n) is 5.65. The van der Waals surface area contributed by atoms with Gasteiger partial charge < -0.3 is 14.8 Å². The Morgan fingerprint density at radius 3 is 2.51 bits per heavy atom. The zero-order chi connectivity index (χ0) is 27.8. The molecule has 3 amide bonds. The van der Waals surface area contributed by atoms with Gasteiger partial charge in [0.05, 0.1) is 11.5 Å². The van der Waals surface area contributed by atoms with E-state index in [9.17, 15) is 14.4 Å². The molecule has 1 N–H and O–H groups in total. The van der Waals surface area contributed by atoms with E-state index in [1.54, 1.807) is 42.5 Å². The second kappa shape index (κ2) is 13.3. The van der Waals surface area contributed by atoms with Crippen LogP contribution in [0.5, 0.6) is 11.5 Å². The van der Waals surface area contributed by atoms with Crippen molar-refractivity contribution in [3.05, 3.63) is 105 Å². The molecule has 9 heteroatoms. The molecule has 0 radical (unpaired) electrons. The van der Waals surface area contributed by atoms with Gasteiger partial charge in [0, 0.05) is 15.7 Å². The van der Waals surface area contributed by atoms with E-state index < -0.39 is 17.1 Å². The summed E-state index contributed by atoms with van der Waals surface area (Å²) in [6.45, 7) is 6.14. The average molecular weight is 608 g/mol. The van der Waals surface area contributed by atoms with Gasteiger partial charge in [0.15, 0.2) is 11.5 Å². The van der Waals surface area contributed by atoms with Crippen LogP contribution in [0.4, 0.5) is 10.5 Å². The molecule has 0 spiro atoms. The summed E-state index contributed by atoms with van der Waals surface area (Å²) < 4.78 is 12.9. The monoisotopic (exact) mass is 606 g/mol. The molecule has 1 saturated heterocycles. The standard InChI is InChI=1S/C30H27BrN2O5S/c1-3-8-22-15-21(16-25(37-4-2)28(22)38-19-20-9-6-5-7-10-20)17-26-29(35)33(30(36)39-26)18-27(34)32-24-13-11-23(31)12-14-24/h3,5-7,9-17H,1,4,8,18-19H2,2H3,(H,32,34)/b26-17-. The molecular formula is C30H27BrN2O5S. The minimum atomic E-state index is -0.524. The van der Waals surface area contributed by atoms with Crippen LogP contribution in [0.2, 0.25) is 0 Å². The van der Waals surface area contributed by atoms with Crippen LogP contribution in [-0.2, 0) is 22.6 Å². The number of nitrogens with one attached hydrogen (secondary N) is 1. The lowest BCUT2D eigenvalue weighted by Crippen LogP contribution is -2.36. The molecule has 0 saturated carbocycles. The largest absolute Gasteiger partial charge is 0.490 e. The number of ether oxygens (including phenoxy) is 2. The fourth-order valence-corrected chi connectivity index (χ4v) is 5.00. The maximum Gasteiger partial charge on any atom is 0.294 e. The molecule has 1 fully saturated rings. The summed E-state index contributed by atoms with van der Waals surface area (Å²) in [6, 6.07) is 20.5. The van der Waals surface area contributed by atoms with E-state index >= 15 is 0 Å². The Kier molecular flexibility index (Phi) is 9.62. The summed E-state index contributed by atoms with van der Waals surface area (Å²) >= 11 is 4.14. The van der Waals surface area contributed by atoms with Crippen molar-refractivity contribution >= 4 is 56.5 Å². The summed E-state index contributed by atoms with van der Waals surface area (Å²) in [5, 5.41) is 2.20. The topological polar surface area (TPSA) is 84.9 Å². The molecule has 0 aromatic heterocycles. The zero-order valence-electron chi connectivity index (χ0n) is 21.3. The molecule has 4 rings (SSSR count). The number of rotatable bonds is 11. The average Bonchev–Trinajstić information content (AvgIpc) is 3.17. The van der Waals surface area contributed by atoms with Gasteiger partial charge >= 0.3 is 0 Å². The predicted molar refractivity (Wildman–Crippen MR) is 158 cm³/mol. The quantitative estimate of drug-likeness (QED) is 0.190. The van der Waals surface area contributed by atoms with E-state index in [0.29, 0.717) is 42.4 Å². The van der Waals surface area contributed by atoms with Gasteiger partial charge in [-0.05, 0) is 78.7 Å². The highest BCUT2D eigenvalue weighted by Crippen LogP contribution is 2.37. The molecule has 200 valence electrons. The van der Waals surface area contributed by atoms with Crippen LogP contribution in [0.25, 0.3) is 6.08 Å². The number of benzene rings is 3. The highest BCUT2D eigenvalue weighted by Gasteiger charge is 2.36. The van der Waals surface area contributed by atoms with Crippen molar-refractivity contribution in [2.24, 2.45) is 0 Å². The number of amides is 3. The third kappa shape index (κ3) is 7.40. The van der Waals surface area contributed by atoms with Gasteiger partial charge in [-0.2, -0.15) is 0 Å². The normalized spacial score (nSPS) is 14.0. The van der Waals surface area contributed by atoms with Crippen LogP contribution >= 0.6 is 27.7 Å². The molecule has 1 heterocycles.